The first-order valence-electron chi connectivity index (χ1n) is 10.0. The van der Waals surface area contributed by atoms with Crippen LogP contribution in [-0.4, -0.2) is 52.0 Å². The van der Waals surface area contributed by atoms with Crippen molar-refractivity contribution >= 4 is 17.2 Å². The summed E-state index contributed by atoms with van der Waals surface area (Å²) in [7, 11) is 0. The van der Waals surface area contributed by atoms with Gasteiger partial charge in [0.05, 0.1) is 11.4 Å². The van der Waals surface area contributed by atoms with Crippen LogP contribution in [0.1, 0.15) is 38.5 Å². The van der Waals surface area contributed by atoms with E-state index in [0.717, 1.165) is 43.0 Å². The summed E-state index contributed by atoms with van der Waals surface area (Å²) in [5.74, 6) is 1.38. The predicted octanol–water partition coefficient (Wildman–Crippen LogP) is 3.94. The van der Waals surface area contributed by atoms with Gasteiger partial charge in [-0.3, -0.25) is 9.69 Å². The molecule has 0 unspecified atom stereocenters. The molecule has 1 amide bonds. The van der Waals surface area contributed by atoms with Crippen molar-refractivity contribution in [3.05, 3.63) is 57.1 Å². The average Bonchev–Trinajstić information content (AvgIpc) is 3.35. The van der Waals surface area contributed by atoms with Gasteiger partial charge in [0, 0.05) is 36.6 Å². The minimum atomic E-state index is 0.150. The summed E-state index contributed by atoms with van der Waals surface area (Å²) < 4.78 is 5.44. The molecule has 1 aliphatic heterocycles. The Bertz CT molecular complexity index is 985. The number of aryl methyl sites for hydroxylation is 3. The second-order valence-electron chi connectivity index (χ2n) is 7.49. The first-order valence-corrected chi connectivity index (χ1v) is 10.9. The van der Waals surface area contributed by atoms with Crippen LogP contribution in [-0.2, 0) is 13.0 Å². The molecule has 3 heterocycles. The summed E-state index contributed by atoms with van der Waals surface area (Å²) in [6, 6.07) is 10.1. The van der Waals surface area contributed by atoms with Crippen LogP contribution in [0, 0.1) is 13.8 Å². The minimum Gasteiger partial charge on any atom is -0.338 e. The van der Waals surface area contributed by atoms with Gasteiger partial charge >= 0.3 is 0 Å². The van der Waals surface area contributed by atoms with E-state index in [1.807, 2.05) is 29.2 Å². The smallest absolute Gasteiger partial charge is 0.264 e. The van der Waals surface area contributed by atoms with E-state index in [-0.39, 0.29) is 5.91 Å². The number of aromatic nitrogens is 2. The monoisotopic (exact) mass is 410 g/mol. The fourth-order valence-electron chi connectivity index (χ4n) is 3.57. The number of carbonyl (C=O) groups excluding carboxylic acids is 1. The third kappa shape index (κ3) is 4.41. The first kappa shape index (κ1) is 19.8. The van der Waals surface area contributed by atoms with Crippen LogP contribution in [0.2, 0.25) is 0 Å². The maximum atomic E-state index is 12.8. The fraction of sp³-hybridized carbons (Fsp3) is 0.409. The zero-order chi connectivity index (χ0) is 20.4. The van der Waals surface area contributed by atoms with Crippen molar-refractivity contribution in [3.8, 4) is 11.4 Å². The van der Waals surface area contributed by atoms with Gasteiger partial charge in [0.15, 0.2) is 0 Å². The number of rotatable bonds is 5. The van der Waals surface area contributed by atoms with Gasteiger partial charge in [0.25, 0.3) is 5.91 Å². The van der Waals surface area contributed by atoms with E-state index in [0.29, 0.717) is 18.3 Å². The topological polar surface area (TPSA) is 62.5 Å². The van der Waals surface area contributed by atoms with E-state index in [2.05, 4.69) is 41.9 Å². The lowest BCUT2D eigenvalue weighted by atomic mass is 10.1. The van der Waals surface area contributed by atoms with Gasteiger partial charge in [-0.25, -0.2) is 0 Å². The molecule has 1 saturated heterocycles. The molecular weight excluding hydrogens is 384 g/mol. The molecule has 0 N–H and O–H groups in total. The maximum absolute atomic E-state index is 12.8. The molecule has 0 saturated carbocycles. The summed E-state index contributed by atoms with van der Waals surface area (Å²) >= 11 is 1.61. The lowest BCUT2D eigenvalue weighted by Gasteiger charge is -2.33. The molecule has 0 radical (unpaired) electrons. The van der Waals surface area contributed by atoms with E-state index in [9.17, 15) is 4.79 Å². The number of carbonyl (C=O) groups is 1. The second-order valence-corrected chi connectivity index (χ2v) is 8.75. The minimum absolute atomic E-state index is 0.150. The Morgan fingerprint density at radius 2 is 1.86 bits per heavy atom. The molecule has 2 aromatic heterocycles. The number of amides is 1. The zero-order valence-electron chi connectivity index (χ0n) is 17.1. The van der Waals surface area contributed by atoms with Crippen LogP contribution >= 0.6 is 11.3 Å². The van der Waals surface area contributed by atoms with Crippen molar-refractivity contribution in [2.75, 3.05) is 26.2 Å². The Kier molecular flexibility index (Phi) is 5.78. The summed E-state index contributed by atoms with van der Waals surface area (Å²) in [6.07, 6.45) is 0.970. The van der Waals surface area contributed by atoms with Crippen molar-refractivity contribution in [1.82, 2.24) is 19.9 Å². The molecule has 0 aliphatic carbocycles. The quantitative estimate of drug-likeness (QED) is 0.638. The molecule has 1 aromatic carbocycles. The number of hydrogen-bond acceptors (Lipinski definition) is 6. The highest BCUT2D eigenvalue weighted by molar-refractivity contribution is 7.14. The summed E-state index contributed by atoms with van der Waals surface area (Å²) in [5, 5.41) is 4.11. The van der Waals surface area contributed by atoms with Crippen molar-refractivity contribution in [1.29, 1.82) is 0 Å². The van der Waals surface area contributed by atoms with E-state index in [1.165, 1.54) is 16.0 Å². The Morgan fingerprint density at radius 1 is 1.14 bits per heavy atom. The molecule has 152 valence electrons. The van der Waals surface area contributed by atoms with Crippen molar-refractivity contribution in [3.63, 3.8) is 0 Å². The van der Waals surface area contributed by atoms with E-state index in [1.54, 1.807) is 11.3 Å². The lowest BCUT2D eigenvalue weighted by molar-refractivity contribution is 0.0619. The van der Waals surface area contributed by atoms with Crippen molar-refractivity contribution in [2.24, 2.45) is 0 Å². The predicted molar refractivity (Wildman–Crippen MR) is 114 cm³/mol. The van der Waals surface area contributed by atoms with Crippen LogP contribution in [0.25, 0.3) is 11.4 Å². The largest absolute Gasteiger partial charge is 0.338 e. The highest BCUT2D eigenvalue weighted by atomic mass is 32.1. The normalized spacial score (nSPS) is 15.1. The molecule has 1 fully saturated rings. The number of nitrogens with zero attached hydrogens (tertiary/aromatic N) is 4. The van der Waals surface area contributed by atoms with Gasteiger partial charge in [-0.2, -0.15) is 4.98 Å². The van der Waals surface area contributed by atoms with E-state index >= 15 is 0 Å². The molecule has 4 rings (SSSR count). The van der Waals surface area contributed by atoms with Gasteiger partial charge in [-0.1, -0.05) is 41.9 Å². The molecular formula is C22H26N4O2S. The van der Waals surface area contributed by atoms with Crippen LogP contribution in [0.5, 0.6) is 0 Å². The zero-order valence-corrected chi connectivity index (χ0v) is 18.0. The van der Waals surface area contributed by atoms with Gasteiger partial charge in [-0.05, 0) is 31.9 Å². The molecule has 1 aliphatic rings. The second kappa shape index (κ2) is 8.47. The number of piperazine rings is 1. The first-order chi connectivity index (χ1) is 14.0. The van der Waals surface area contributed by atoms with E-state index in [4.69, 9.17) is 4.52 Å². The molecule has 6 nitrogen and oxygen atoms in total. The lowest BCUT2D eigenvalue weighted by Crippen LogP contribution is -2.48. The van der Waals surface area contributed by atoms with Crippen LogP contribution in [0.3, 0.4) is 0 Å². The fourth-order valence-corrected chi connectivity index (χ4v) is 4.65. The SMILES string of the molecule is CCc1cc(C(=O)N2CCN(Cc3nc(-c4ccc(C)cc4)no3)CC2)sc1C. The van der Waals surface area contributed by atoms with Crippen molar-refractivity contribution < 1.29 is 9.32 Å². The van der Waals surface area contributed by atoms with Gasteiger partial charge in [0.1, 0.15) is 0 Å². The number of thiophene rings is 1. The molecule has 0 atom stereocenters. The third-order valence-corrected chi connectivity index (χ3v) is 6.49. The number of benzene rings is 1. The van der Waals surface area contributed by atoms with Crippen LogP contribution in [0.4, 0.5) is 0 Å². The average molecular weight is 411 g/mol. The van der Waals surface area contributed by atoms with Crippen LogP contribution in [0.15, 0.2) is 34.9 Å². The van der Waals surface area contributed by atoms with E-state index < -0.39 is 0 Å². The molecule has 3 aromatic rings. The van der Waals surface area contributed by atoms with Gasteiger partial charge < -0.3 is 9.42 Å². The third-order valence-electron chi connectivity index (χ3n) is 5.41. The highest BCUT2D eigenvalue weighted by Crippen LogP contribution is 2.24. The summed E-state index contributed by atoms with van der Waals surface area (Å²) in [6.45, 7) is 9.93. The Labute approximate surface area is 175 Å². The van der Waals surface area contributed by atoms with Gasteiger partial charge in [0.2, 0.25) is 11.7 Å². The summed E-state index contributed by atoms with van der Waals surface area (Å²) in [4.78, 5) is 23.6. The number of hydrogen-bond donors (Lipinski definition) is 0. The Balaban J connectivity index is 1.33. The Hall–Kier alpha value is -2.51. The molecule has 0 spiro atoms. The highest BCUT2D eigenvalue weighted by Gasteiger charge is 2.25. The standard InChI is InChI=1S/C22H26N4O2S/c1-4-17-13-19(29-16(17)3)22(27)26-11-9-25(10-12-26)14-20-23-21(24-28-20)18-7-5-15(2)6-8-18/h5-8,13H,4,9-12,14H2,1-3H3. The Morgan fingerprint density at radius 3 is 2.52 bits per heavy atom. The summed E-state index contributed by atoms with van der Waals surface area (Å²) in [5.41, 5.74) is 3.44. The molecule has 0 bridgehead atoms. The molecule has 7 heteroatoms. The molecule has 29 heavy (non-hydrogen) atoms. The van der Waals surface area contributed by atoms with Crippen molar-refractivity contribution in [2.45, 2.75) is 33.7 Å². The van der Waals surface area contributed by atoms with Crippen LogP contribution < -0.4 is 0 Å². The van der Waals surface area contributed by atoms with Gasteiger partial charge in [-0.15, -0.1) is 11.3 Å². The maximum Gasteiger partial charge on any atom is 0.264 e.